The molecule has 0 N–H and O–H groups in total. The fourth-order valence-electron chi connectivity index (χ4n) is 4.41. The third-order valence-corrected chi connectivity index (χ3v) is 6.11. The number of hydrogen-bond acceptors (Lipinski definition) is 3. The Bertz CT molecular complexity index is 732. The van der Waals surface area contributed by atoms with Crippen molar-refractivity contribution in [2.75, 3.05) is 13.2 Å². The Hall–Kier alpha value is -1.97. The van der Waals surface area contributed by atoms with Crippen LogP contribution in [0.5, 0.6) is 5.75 Å². The number of halogens is 3. The molecule has 3 rings (SSSR count). The van der Waals surface area contributed by atoms with E-state index in [4.69, 9.17) is 9.47 Å². The van der Waals surface area contributed by atoms with E-state index in [0.29, 0.717) is 30.6 Å². The zero-order valence-corrected chi connectivity index (χ0v) is 17.3. The summed E-state index contributed by atoms with van der Waals surface area (Å²) in [4.78, 5) is 0. The second-order valence-electron chi connectivity index (χ2n) is 8.02. The van der Waals surface area contributed by atoms with Gasteiger partial charge in [-0.1, -0.05) is 24.8 Å². The van der Waals surface area contributed by atoms with Gasteiger partial charge >= 0.3 is 6.36 Å². The summed E-state index contributed by atoms with van der Waals surface area (Å²) in [5, 5.41) is 0. The predicted octanol–water partition coefficient (Wildman–Crippen LogP) is 5.74. The molecular weight excluding hydrogens is 393 g/mol. The fraction of sp³-hybridized carbons (Fsp3) is 0.583. The fourth-order valence-corrected chi connectivity index (χ4v) is 4.41. The minimum Gasteiger partial charge on any atom is -0.406 e. The second kappa shape index (κ2) is 10.4. The highest BCUT2D eigenvalue weighted by Gasteiger charge is 2.33. The Balaban J connectivity index is 1.44. The van der Waals surface area contributed by atoms with Gasteiger partial charge in [0, 0.05) is 5.56 Å². The highest BCUT2D eigenvalue weighted by molar-refractivity contribution is 5.38. The molecule has 1 aliphatic heterocycles. The van der Waals surface area contributed by atoms with E-state index >= 15 is 0 Å². The average Bonchev–Trinajstić information content (AvgIpc) is 2.74. The van der Waals surface area contributed by atoms with Crippen molar-refractivity contribution in [3.05, 3.63) is 42.5 Å². The number of rotatable bonds is 5. The monoisotopic (exact) mass is 422 g/mol. The largest absolute Gasteiger partial charge is 0.573 e. The minimum atomic E-state index is -4.69. The first-order valence-corrected chi connectivity index (χ1v) is 10.6. The lowest BCUT2D eigenvalue weighted by molar-refractivity contribution is -0.274. The van der Waals surface area contributed by atoms with Gasteiger partial charge in [0.2, 0.25) is 0 Å². The van der Waals surface area contributed by atoms with Crippen molar-refractivity contribution in [1.82, 2.24) is 0 Å². The number of allylic oxidation sites excluding steroid dienone is 1. The molecule has 0 amide bonds. The van der Waals surface area contributed by atoms with Crippen molar-refractivity contribution in [2.24, 2.45) is 17.8 Å². The number of alkyl halides is 3. The first kappa shape index (κ1) is 22.7. The first-order chi connectivity index (χ1) is 14.4. The summed E-state index contributed by atoms with van der Waals surface area (Å²) < 4.78 is 52.4. The van der Waals surface area contributed by atoms with Crippen LogP contribution in [0.25, 0.3) is 0 Å². The summed E-state index contributed by atoms with van der Waals surface area (Å²) in [6.45, 7) is 7.14. The Morgan fingerprint density at radius 2 is 1.83 bits per heavy atom. The topological polar surface area (TPSA) is 27.7 Å². The van der Waals surface area contributed by atoms with Crippen LogP contribution in [0.1, 0.15) is 44.6 Å². The number of benzene rings is 1. The van der Waals surface area contributed by atoms with Gasteiger partial charge in [-0.05, 0) is 74.1 Å². The summed E-state index contributed by atoms with van der Waals surface area (Å²) in [5.74, 6) is 7.54. The van der Waals surface area contributed by atoms with Gasteiger partial charge in [-0.3, -0.25) is 0 Å². The SMILES string of the molecule is C=CC(CC)[C@H]1CC[C@H](C2COC(C#Cc3ccc(OC(F)(F)F)cc3)CO2)CC1. The van der Waals surface area contributed by atoms with E-state index in [2.05, 4.69) is 36.2 Å². The predicted molar refractivity (Wildman–Crippen MR) is 109 cm³/mol. The van der Waals surface area contributed by atoms with E-state index in [0.717, 1.165) is 25.2 Å². The summed E-state index contributed by atoms with van der Waals surface area (Å²) in [6, 6.07) is 5.48. The van der Waals surface area contributed by atoms with Crippen LogP contribution in [0.4, 0.5) is 13.2 Å². The second-order valence-corrected chi connectivity index (χ2v) is 8.02. The van der Waals surface area contributed by atoms with Gasteiger partial charge in [-0.2, -0.15) is 0 Å². The van der Waals surface area contributed by atoms with Crippen molar-refractivity contribution in [1.29, 1.82) is 0 Å². The van der Waals surface area contributed by atoms with Gasteiger partial charge in [0.15, 0.2) is 0 Å². The maximum Gasteiger partial charge on any atom is 0.573 e. The number of hydrogen-bond donors (Lipinski definition) is 0. The Morgan fingerprint density at radius 1 is 1.13 bits per heavy atom. The van der Waals surface area contributed by atoms with Crippen LogP contribution in [0.3, 0.4) is 0 Å². The molecule has 30 heavy (non-hydrogen) atoms. The zero-order valence-electron chi connectivity index (χ0n) is 17.3. The average molecular weight is 422 g/mol. The summed E-state index contributed by atoms with van der Waals surface area (Å²) in [7, 11) is 0. The van der Waals surface area contributed by atoms with Crippen molar-refractivity contribution in [2.45, 2.75) is 57.6 Å². The van der Waals surface area contributed by atoms with Gasteiger partial charge in [-0.25, -0.2) is 0 Å². The highest BCUT2D eigenvalue weighted by atomic mass is 19.4. The third kappa shape index (κ3) is 6.52. The van der Waals surface area contributed by atoms with Crippen molar-refractivity contribution in [3.63, 3.8) is 0 Å². The van der Waals surface area contributed by atoms with Gasteiger partial charge in [0.05, 0.1) is 19.3 Å². The van der Waals surface area contributed by atoms with E-state index in [-0.39, 0.29) is 18.0 Å². The minimum absolute atomic E-state index is 0.117. The lowest BCUT2D eigenvalue weighted by Crippen LogP contribution is -2.41. The van der Waals surface area contributed by atoms with Gasteiger partial charge in [-0.15, -0.1) is 19.8 Å². The van der Waals surface area contributed by atoms with Crippen molar-refractivity contribution >= 4 is 0 Å². The summed E-state index contributed by atoms with van der Waals surface area (Å²) in [5.41, 5.74) is 0.598. The van der Waals surface area contributed by atoms with Crippen LogP contribution in [0.15, 0.2) is 36.9 Å². The molecule has 1 aromatic rings. The first-order valence-electron chi connectivity index (χ1n) is 10.6. The molecule has 1 heterocycles. The van der Waals surface area contributed by atoms with Crippen LogP contribution in [-0.2, 0) is 9.47 Å². The Labute approximate surface area is 176 Å². The van der Waals surface area contributed by atoms with Gasteiger partial charge in [0.25, 0.3) is 0 Å². The Morgan fingerprint density at radius 3 is 2.37 bits per heavy atom. The molecule has 2 fully saturated rings. The summed E-state index contributed by atoms with van der Waals surface area (Å²) in [6.07, 6.45) is 3.10. The highest BCUT2D eigenvalue weighted by Crippen LogP contribution is 2.38. The molecule has 2 aliphatic rings. The quantitative estimate of drug-likeness (QED) is 0.447. The van der Waals surface area contributed by atoms with Crippen molar-refractivity contribution < 1.29 is 27.4 Å². The van der Waals surface area contributed by atoms with E-state index in [1.54, 1.807) is 0 Å². The number of ether oxygens (including phenoxy) is 3. The van der Waals surface area contributed by atoms with E-state index in [9.17, 15) is 13.2 Å². The molecule has 0 spiro atoms. The molecule has 1 aromatic carbocycles. The standard InChI is InChI=1S/C24H29F3O3/c1-3-18(4-2)19-8-10-20(11-9-19)23-16-28-22(15-29-23)14-7-17-5-12-21(13-6-17)30-24(25,26)27/h3,5-6,12-13,18-20,22-23H,1,4,8-11,15-16H2,2H3/t18?,19-,20-,22?,23?. The lowest BCUT2D eigenvalue weighted by atomic mass is 9.73. The van der Waals surface area contributed by atoms with Crippen LogP contribution < -0.4 is 4.74 Å². The van der Waals surface area contributed by atoms with Crippen LogP contribution in [0, 0.1) is 29.6 Å². The van der Waals surface area contributed by atoms with Crippen LogP contribution >= 0.6 is 0 Å². The molecule has 1 saturated heterocycles. The molecule has 3 atom stereocenters. The molecule has 1 saturated carbocycles. The molecular formula is C24H29F3O3. The molecule has 0 aromatic heterocycles. The van der Waals surface area contributed by atoms with Crippen LogP contribution in [0.2, 0.25) is 0 Å². The maximum atomic E-state index is 12.2. The van der Waals surface area contributed by atoms with Gasteiger partial charge in [0.1, 0.15) is 11.9 Å². The normalized spacial score (nSPS) is 28.1. The molecule has 6 heteroatoms. The third-order valence-electron chi connectivity index (χ3n) is 6.11. The van der Waals surface area contributed by atoms with Gasteiger partial charge < -0.3 is 14.2 Å². The van der Waals surface area contributed by atoms with Crippen LogP contribution in [-0.4, -0.2) is 31.8 Å². The molecule has 0 radical (unpaired) electrons. The Kier molecular flexibility index (Phi) is 7.85. The molecule has 3 nitrogen and oxygen atoms in total. The molecule has 3 unspecified atom stereocenters. The van der Waals surface area contributed by atoms with Crippen molar-refractivity contribution in [3.8, 4) is 17.6 Å². The summed E-state index contributed by atoms with van der Waals surface area (Å²) >= 11 is 0. The van der Waals surface area contributed by atoms with E-state index in [1.165, 1.54) is 37.1 Å². The smallest absolute Gasteiger partial charge is 0.406 e. The van der Waals surface area contributed by atoms with E-state index in [1.807, 2.05) is 0 Å². The molecule has 1 aliphatic carbocycles. The molecule has 0 bridgehead atoms. The lowest BCUT2D eigenvalue weighted by Gasteiger charge is -2.38. The maximum absolute atomic E-state index is 12.2. The zero-order chi connectivity index (χ0) is 21.6. The molecule has 164 valence electrons. The van der Waals surface area contributed by atoms with E-state index < -0.39 is 6.36 Å².